The molecule has 0 aliphatic carbocycles. The number of nitrogens with zero attached hydrogens (tertiary/aromatic N) is 5. The van der Waals surface area contributed by atoms with Gasteiger partial charge in [-0.2, -0.15) is 4.98 Å². The van der Waals surface area contributed by atoms with Crippen LogP contribution in [-0.4, -0.2) is 62.9 Å². The Morgan fingerprint density at radius 1 is 1.27 bits per heavy atom. The van der Waals surface area contributed by atoms with Crippen LogP contribution in [0.2, 0.25) is 0 Å². The van der Waals surface area contributed by atoms with Crippen LogP contribution in [0.1, 0.15) is 37.4 Å². The fourth-order valence-corrected chi connectivity index (χ4v) is 3.54. The van der Waals surface area contributed by atoms with Crippen LogP contribution in [0, 0.1) is 0 Å². The van der Waals surface area contributed by atoms with Crippen LogP contribution in [0.15, 0.2) is 28.9 Å². The van der Waals surface area contributed by atoms with Crippen molar-refractivity contribution in [2.45, 2.75) is 31.6 Å². The molecule has 136 valence electrons. The second-order valence-corrected chi connectivity index (χ2v) is 6.77. The Morgan fingerprint density at radius 2 is 2.19 bits per heavy atom. The van der Waals surface area contributed by atoms with Gasteiger partial charge >= 0.3 is 0 Å². The topological polar surface area (TPSA) is 92.4 Å². The lowest BCUT2D eigenvalue weighted by Gasteiger charge is -2.32. The molecule has 0 radical (unpaired) electrons. The van der Waals surface area contributed by atoms with E-state index in [0.717, 1.165) is 19.3 Å². The maximum Gasteiger partial charge on any atom is 0.276 e. The molecular formula is C18H21N5O3. The third-order valence-electron chi connectivity index (χ3n) is 4.96. The second kappa shape index (κ2) is 7.23. The molecule has 2 aromatic rings. The maximum atomic E-state index is 12.6. The molecule has 2 aromatic heterocycles. The molecule has 2 aliphatic heterocycles. The largest absolute Gasteiger partial charge is 0.340 e. The highest BCUT2D eigenvalue weighted by molar-refractivity contribution is 5.86. The molecular weight excluding hydrogens is 334 g/mol. The number of likely N-dealkylation sites (tertiary alicyclic amines) is 2. The molecule has 2 amide bonds. The van der Waals surface area contributed by atoms with Crippen LogP contribution in [0.5, 0.6) is 0 Å². The van der Waals surface area contributed by atoms with Gasteiger partial charge in [-0.15, -0.1) is 0 Å². The smallest absolute Gasteiger partial charge is 0.276 e. The standard InChI is InChI=1S/C18H21N5O3/c24-15-7-4-10-23(15)12-16(25)22-9-3-5-13(11-22)17-20-18(26-21-17)14-6-1-2-8-19-14/h1-2,6,8,13H,3-5,7,9-12H2/t13-/m1/s1. The van der Waals surface area contributed by atoms with Crippen LogP contribution in [0.4, 0.5) is 0 Å². The van der Waals surface area contributed by atoms with Crippen LogP contribution in [0.25, 0.3) is 11.6 Å². The SMILES string of the molecule is O=C1CCCN1CC(=O)N1CCC[C@@H](c2noc(-c3ccccn3)n2)C1. The monoisotopic (exact) mass is 355 g/mol. The molecule has 0 N–H and O–H groups in total. The van der Waals surface area contributed by atoms with E-state index in [0.29, 0.717) is 43.5 Å². The minimum Gasteiger partial charge on any atom is -0.340 e. The predicted molar refractivity (Wildman–Crippen MR) is 91.9 cm³/mol. The zero-order valence-corrected chi connectivity index (χ0v) is 14.5. The van der Waals surface area contributed by atoms with E-state index in [1.54, 1.807) is 11.1 Å². The van der Waals surface area contributed by atoms with Crippen molar-refractivity contribution in [1.29, 1.82) is 0 Å². The minimum absolute atomic E-state index is 0.00149. The van der Waals surface area contributed by atoms with E-state index < -0.39 is 0 Å². The molecule has 8 nitrogen and oxygen atoms in total. The van der Waals surface area contributed by atoms with Gasteiger partial charge < -0.3 is 14.3 Å². The van der Waals surface area contributed by atoms with Crippen molar-refractivity contribution >= 4 is 11.8 Å². The quantitative estimate of drug-likeness (QED) is 0.824. The van der Waals surface area contributed by atoms with Crippen molar-refractivity contribution < 1.29 is 14.1 Å². The normalized spacial score (nSPS) is 20.6. The van der Waals surface area contributed by atoms with Crippen molar-refractivity contribution in [1.82, 2.24) is 24.9 Å². The predicted octanol–water partition coefficient (Wildman–Crippen LogP) is 1.46. The Hall–Kier alpha value is -2.77. The zero-order valence-electron chi connectivity index (χ0n) is 14.5. The third kappa shape index (κ3) is 3.44. The summed E-state index contributed by atoms with van der Waals surface area (Å²) in [4.78, 5) is 36.4. The van der Waals surface area contributed by atoms with Gasteiger partial charge in [0.25, 0.3) is 5.89 Å². The van der Waals surface area contributed by atoms with Gasteiger partial charge in [-0.1, -0.05) is 11.2 Å². The van der Waals surface area contributed by atoms with Crippen molar-refractivity contribution in [3.63, 3.8) is 0 Å². The number of rotatable bonds is 4. The molecule has 0 saturated carbocycles. The fraction of sp³-hybridized carbons (Fsp3) is 0.500. The van der Waals surface area contributed by atoms with Crippen LogP contribution < -0.4 is 0 Å². The lowest BCUT2D eigenvalue weighted by molar-refractivity contribution is -0.139. The van der Waals surface area contributed by atoms with Crippen molar-refractivity contribution in [2.75, 3.05) is 26.2 Å². The first-order chi connectivity index (χ1) is 12.7. The third-order valence-corrected chi connectivity index (χ3v) is 4.96. The molecule has 26 heavy (non-hydrogen) atoms. The van der Waals surface area contributed by atoms with Crippen LogP contribution >= 0.6 is 0 Å². The number of piperidine rings is 1. The van der Waals surface area contributed by atoms with E-state index in [9.17, 15) is 9.59 Å². The van der Waals surface area contributed by atoms with E-state index in [4.69, 9.17) is 4.52 Å². The van der Waals surface area contributed by atoms with E-state index in [2.05, 4.69) is 15.1 Å². The van der Waals surface area contributed by atoms with Gasteiger partial charge in [0.15, 0.2) is 5.82 Å². The number of hydrogen-bond donors (Lipinski definition) is 0. The first-order valence-electron chi connectivity index (χ1n) is 9.01. The number of pyridine rings is 1. The second-order valence-electron chi connectivity index (χ2n) is 6.77. The van der Waals surface area contributed by atoms with Gasteiger partial charge in [-0.25, -0.2) is 0 Å². The highest BCUT2D eigenvalue weighted by Gasteiger charge is 2.30. The number of carbonyl (C=O) groups is 2. The van der Waals surface area contributed by atoms with Gasteiger partial charge in [0.2, 0.25) is 11.8 Å². The highest BCUT2D eigenvalue weighted by Crippen LogP contribution is 2.27. The first-order valence-corrected chi connectivity index (χ1v) is 9.01. The molecule has 0 bridgehead atoms. The van der Waals surface area contributed by atoms with Gasteiger partial charge in [-0.05, 0) is 31.4 Å². The number of aromatic nitrogens is 3. The molecule has 0 unspecified atom stereocenters. The molecule has 2 saturated heterocycles. The van der Waals surface area contributed by atoms with E-state index in [1.165, 1.54) is 0 Å². The summed E-state index contributed by atoms with van der Waals surface area (Å²) in [5.41, 5.74) is 0.641. The Labute approximate surface area is 151 Å². The van der Waals surface area contributed by atoms with Gasteiger partial charge in [0, 0.05) is 38.2 Å². The van der Waals surface area contributed by atoms with Crippen molar-refractivity contribution in [2.24, 2.45) is 0 Å². The molecule has 8 heteroatoms. The molecule has 2 fully saturated rings. The number of carbonyl (C=O) groups excluding carboxylic acids is 2. The molecule has 4 rings (SSSR count). The Bertz CT molecular complexity index is 791. The Kier molecular flexibility index (Phi) is 4.64. The lowest BCUT2D eigenvalue weighted by atomic mass is 9.97. The molecule has 4 heterocycles. The minimum atomic E-state index is -0.00149. The number of hydrogen-bond acceptors (Lipinski definition) is 6. The molecule has 0 aromatic carbocycles. The van der Waals surface area contributed by atoms with Crippen molar-refractivity contribution in [3.8, 4) is 11.6 Å². The summed E-state index contributed by atoms with van der Waals surface area (Å²) >= 11 is 0. The summed E-state index contributed by atoms with van der Waals surface area (Å²) in [6.07, 6.45) is 4.87. The first kappa shape index (κ1) is 16.7. The van der Waals surface area contributed by atoms with Crippen LogP contribution in [-0.2, 0) is 9.59 Å². The Balaban J connectivity index is 1.41. The zero-order chi connectivity index (χ0) is 17.9. The summed E-state index contributed by atoms with van der Waals surface area (Å²) in [6.45, 7) is 2.13. The lowest BCUT2D eigenvalue weighted by Crippen LogP contribution is -2.45. The summed E-state index contributed by atoms with van der Waals surface area (Å²) in [7, 11) is 0. The summed E-state index contributed by atoms with van der Waals surface area (Å²) in [6, 6.07) is 5.52. The molecule has 1 atom stereocenters. The van der Waals surface area contributed by atoms with Gasteiger partial charge in [0.05, 0.1) is 6.54 Å². The molecule has 2 aliphatic rings. The number of amides is 2. The van der Waals surface area contributed by atoms with Gasteiger partial charge in [-0.3, -0.25) is 14.6 Å². The average molecular weight is 355 g/mol. The van der Waals surface area contributed by atoms with Crippen molar-refractivity contribution in [3.05, 3.63) is 30.2 Å². The summed E-state index contributed by atoms with van der Waals surface area (Å²) in [5.74, 6) is 1.12. The fourth-order valence-electron chi connectivity index (χ4n) is 3.54. The van der Waals surface area contributed by atoms with E-state index >= 15 is 0 Å². The summed E-state index contributed by atoms with van der Waals surface area (Å²) < 4.78 is 5.34. The van der Waals surface area contributed by atoms with Gasteiger partial charge in [0.1, 0.15) is 5.69 Å². The Morgan fingerprint density at radius 3 is 2.96 bits per heavy atom. The molecule has 0 spiro atoms. The van der Waals surface area contributed by atoms with E-state index in [-0.39, 0.29) is 24.3 Å². The summed E-state index contributed by atoms with van der Waals surface area (Å²) in [5, 5.41) is 4.10. The average Bonchev–Trinajstić information content (AvgIpc) is 3.32. The highest BCUT2D eigenvalue weighted by atomic mass is 16.5. The van der Waals surface area contributed by atoms with E-state index in [1.807, 2.05) is 23.1 Å². The van der Waals surface area contributed by atoms with Crippen LogP contribution in [0.3, 0.4) is 0 Å². The maximum absolute atomic E-state index is 12.6.